The summed E-state index contributed by atoms with van der Waals surface area (Å²) >= 11 is 1.54. The number of H-pyrrole nitrogens is 1. The number of aromatic amines is 1. The molecule has 4 nitrogen and oxygen atoms in total. The normalized spacial score (nSPS) is 10.7. The number of hydrogen-bond donors (Lipinski definition) is 1. The van der Waals surface area contributed by atoms with Crippen LogP contribution in [0.25, 0.3) is 10.9 Å². The molecule has 3 aromatic rings. The fourth-order valence-electron chi connectivity index (χ4n) is 2.07. The lowest BCUT2D eigenvalue weighted by molar-refractivity contribution is 0.318. The zero-order valence-electron chi connectivity index (χ0n) is 12.0. The van der Waals surface area contributed by atoms with Crippen molar-refractivity contribution in [2.45, 2.75) is 11.6 Å². The largest absolute Gasteiger partial charge is 0.494 e. The molecule has 0 bridgehead atoms. The highest BCUT2D eigenvalue weighted by Crippen LogP contribution is 2.16. The second-order valence-corrected chi connectivity index (χ2v) is 5.84. The fourth-order valence-corrected chi connectivity index (χ4v) is 2.85. The number of aromatic nitrogens is 2. The van der Waals surface area contributed by atoms with Crippen LogP contribution >= 0.6 is 11.8 Å². The molecule has 1 N–H and O–H groups in total. The minimum atomic E-state index is -0.0892. The van der Waals surface area contributed by atoms with Gasteiger partial charge in [-0.15, -0.1) is 0 Å². The molecule has 0 aliphatic heterocycles. The van der Waals surface area contributed by atoms with E-state index in [-0.39, 0.29) is 5.56 Å². The van der Waals surface area contributed by atoms with Gasteiger partial charge in [-0.05, 0) is 30.7 Å². The molecule has 1 aromatic heterocycles. The van der Waals surface area contributed by atoms with Crippen LogP contribution in [0.4, 0.5) is 0 Å². The molecule has 0 fully saturated rings. The molecule has 0 atom stereocenters. The Bertz CT molecular complexity index is 802. The monoisotopic (exact) mass is 312 g/mol. The first-order valence-corrected chi connectivity index (χ1v) is 8.11. The van der Waals surface area contributed by atoms with Crippen molar-refractivity contribution in [2.75, 3.05) is 12.4 Å². The highest BCUT2D eigenvalue weighted by atomic mass is 32.2. The molecule has 0 saturated carbocycles. The summed E-state index contributed by atoms with van der Waals surface area (Å²) in [6.45, 7) is 0.648. The summed E-state index contributed by atoms with van der Waals surface area (Å²) in [5, 5.41) is 1.28. The second kappa shape index (κ2) is 7.13. The van der Waals surface area contributed by atoms with Crippen LogP contribution in [0, 0.1) is 0 Å². The number of para-hydroxylation sites is 2. The van der Waals surface area contributed by atoms with Gasteiger partial charge in [0.25, 0.3) is 5.56 Å². The average Bonchev–Trinajstić information content (AvgIpc) is 2.56. The third kappa shape index (κ3) is 3.68. The van der Waals surface area contributed by atoms with E-state index in [9.17, 15) is 4.79 Å². The first-order chi connectivity index (χ1) is 10.8. The molecular weight excluding hydrogens is 296 g/mol. The van der Waals surface area contributed by atoms with E-state index in [1.54, 1.807) is 6.07 Å². The zero-order valence-corrected chi connectivity index (χ0v) is 12.8. The van der Waals surface area contributed by atoms with Crippen LogP contribution in [0.1, 0.15) is 6.42 Å². The molecule has 0 amide bonds. The molecule has 5 heteroatoms. The predicted octanol–water partition coefficient (Wildman–Crippen LogP) is 3.48. The Labute approximate surface area is 132 Å². The molecule has 0 aliphatic rings. The minimum Gasteiger partial charge on any atom is -0.494 e. The van der Waals surface area contributed by atoms with E-state index in [0.717, 1.165) is 23.4 Å². The van der Waals surface area contributed by atoms with Gasteiger partial charge in [-0.1, -0.05) is 42.1 Å². The second-order valence-electron chi connectivity index (χ2n) is 4.75. The maximum atomic E-state index is 11.9. The third-order valence-corrected chi connectivity index (χ3v) is 4.09. The van der Waals surface area contributed by atoms with E-state index in [1.807, 2.05) is 48.5 Å². The first kappa shape index (κ1) is 14.7. The van der Waals surface area contributed by atoms with Crippen LogP contribution in [-0.2, 0) is 0 Å². The molecule has 1 heterocycles. The number of ether oxygens (including phenoxy) is 1. The molecule has 0 saturated heterocycles. The minimum absolute atomic E-state index is 0.0892. The van der Waals surface area contributed by atoms with E-state index in [2.05, 4.69) is 9.97 Å². The lowest BCUT2D eigenvalue weighted by Crippen LogP contribution is -2.09. The third-order valence-electron chi connectivity index (χ3n) is 3.13. The zero-order chi connectivity index (χ0) is 15.2. The Kier molecular flexibility index (Phi) is 4.75. The highest BCUT2D eigenvalue weighted by molar-refractivity contribution is 7.99. The summed E-state index contributed by atoms with van der Waals surface area (Å²) in [5.74, 6) is 1.72. The van der Waals surface area contributed by atoms with Gasteiger partial charge in [-0.3, -0.25) is 4.79 Å². The van der Waals surface area contributed by atoms with Gasteiger partial charge in [0.2, 0.25) is 0 Å². The number of hydrogen-bond acceptors (Lipinski definition) is 4. The number of nitrogens with zero attached hydrogens (tertiary/aromatic N) is 1. The summed E-state index contributed by atoms with van der Waals surface area (Å²) in [5.41, 5.74) is 0.642. The Morgan fingerprint density at radius 3 is 2.68 bits per heavy atom. The average molecular weight is 312 g/mol. The molecule has 0 spiro atoms. The lowest BCUT2D eigenvalue weighted by Gasteiger charge is -2.05. The number of thioether (sulfide) groups is 1. The molecule has 2 aromatic carbocycles. The Balaban J connectivity index is 1.53. The van der Waals surface area contributed by atoms with Crippen molar-refractivity contribution in [2.24, 2.45) is 0 Å². The molecule has 112 valence electrons. The van der Waals surface area contributed by atoms with Crippen LogP contribution in [0.5, 0.6) is 5.75 Å². The maximum absolute atomic E-state index is 11.9. The van der Waals surface area contributed by atoms with Crippen molar-refractivity contribution in [3.05, 3.63) is 65.0 Å². The summed E-state index contributed by atoms with van der Waals surface area (Å²) in [7, 11) is 0. The summed E-state index contributed by atoms with van der Waals surface area (Å²) in [6, 6.07) is 17.1. The van der Waals surface area contributed by atoms with Crippen LogP contribution in [0.2, 0.25) is 0 Å². The Hall–Kier alpha value is -2.27. The van der Waals surface area contributed by atoms with E-state index in [1.165, 1.54) is 11.8 Å². The maximum Gasteiger partial charge on any atom is 0.259 e. The van der Waals surface area contributed by atoms with Crippen molar-refractivity contribution in [1.82, 2.24) is 9.97 Å². The topological polar surface area (TPSA) is 55.0 Å². The van der Waals surface area contributed by atoms with Gasteiger partial charge in [-0.25, -0.2) is 4.98 Å². The predicted molar refractivity (Wildman–Crippen MR) is 89.6 cm³/mol. The van der Waals surface area contributed by atoms with E-state index < -0.39 is 0 Å². The number of benzene rings is 2. The van der Waals surface area contributed by atoms with Crippen molar-refractivity contribution in [3.63, 3.8) is 0 Å². The van der Waals surface area contributed by atoms with Gasteiger partial charge in [0.05, 0.1) is 17.5 Å². The van der Waals surface area contributed by atoms with Crippen LogP contribution in [0.15, 0.2) is 64.5 Å². The number of rotatable bonds is 6. The lowest BCUT2D eigenvalue weighted by atomic mass is 10.2. The van der Waals surface area contributed by atoms with Gasteiger partial charge in [0, 0.05) is 5.75 Å². The molecule has 0 unspecified atom stereocenters. The number of fused-ring (bicyclic) bond motifs is 1. The van der Waals surface area contributed by atoms with E-state index in [0.29, 0.717) is 17.1 Å². The van der Waals surface area contributed by atoms with Gasteiger partial charge in [0.1, 0.15) is 5.75 Å². The SMILES string of the molecule is O=c1[nH]c(SCCCOc2ccccc2)nc2ccccc12. The molecule has 0 aliphatic carbocycles. The highest BCUT2D eigenvalue weighted by Gasteiger charge is 2.03. The summed E-state index contributed by atoms with van der Waals surface area (Å²) < 4.78 is 5.63. The first-order valence-electron chi connectivity index (χ1n) is 7.12. The van der Waals surface area contributed by atoms with Gasteiger partial charge >= 0.3 is 0 Å². The molecular formula is C17H16N2O2S. The Morgan fingerprint density at radius 2 is 1.82 bits per heavy atom. The molecule has 22 heavy (non-hydrogen) atoms. The van der Waals surface area contributed by atoms with Crippen molar-refractivity contribution in [3.8, 4) is 5.75 Å². The van der Waals surface area contributed by atoms with Gasteiger partial charge in [0.15, 0.2) is 5.16 Å². The fraction of sp³-hybridized carbons (Fsp3) is 0.176. The van der Waals surface area contributed by atoms with Crippen LogP contribution in [0.3, 0.4) is 0 Å². The number of nitrogens with one attached hydrogen (secondary N) is 1. The quantitative estimate of drug-likeness (QED) is 0.430. The van der Waals surface area contributed by atoms with Crippen LogP contribution in [-0.4, -0.2) is 22.3 Å². The van der Waals surface area contributed by atoms with Gasteiger partial charge < -0.3 is 9.72 Å². The van der Waals surface area contributed by atoms with E-state index >= 15 is 0 Å². The standard InChI is InChI=1S/C17H16N2O2S/c20-16-14-9-4-5-10-15(14)18-17(19-16)22-12-6-11-21-13-7-2-1-3-8-13/h1-5,7-10H,6,11-12H2,(H,18,19,20). The summed E-state index contributed by atoms with van der Waals surface area (Å²) in [4.78, 5) is 19.2. The van der Waals surface area contributed by atoms with Gasteiger partial charge in [-0.2, -0.15) is 0 Å². The molecule has 0 radical (unpaired) electrons. The molecule has 3 rings (SSSR count). The van der Waals surface area contributed by atoms with Crippen molar-refractivity contribution >= 4 is 22.7 Å². The smallest absolute Gasteiger partial charge is 0.259 e. The van der Waals surface area contributed by atoms with Crippen molar-refractivity contribution < 1.29 is 4.74 Å². The van der Waals surface area contributed by atoms with Crippen molar-refractivity contribution in [1.29, 1.82) is 0 Å². The summed E-state index contributed by atoms with van der Waals surface area (Å²) in [6.07, 6.45) is 0.885. The Morgan fingerprint density at radius 1 is 1.05 bits per heavy atom. The van der Waals surface area contributed by atoms with Crippen LogP contribution < -0.4 is 10.3 Å². The van der Waals surface area contributed by atoms with E-state index in [4.69, 9.17) is 4.74 Å².